The van der Waals surface area contributed by atoms with Crippen molar-refractivity contribution in [2.75, 3.05) is 0 Å². The highest BCUT2D eigenvalue weighted by atomic mass is 30.5. The molecule has 0 aromatic rings. The second-order valence-corrected chi connectivity index (χ2v) is 77.6. The molecule has 42 heavy (non-hydrogen) atoms. The summed E-state index contributed by atoms with van der Waals surface area (Å²) in [6, 6.07) is 0. The van der Waals surface area contributed by atoms with E-state index in [9.17, 15) is 0 Å². The van der Waals surface area contributed by atoms with E-state index in [1.165, 1.54) is 0 Å². The lowest BCUT2D eigenvalue weighted by Crippen LogP contribution is -2.72. The SMILES string of the molecule is CC(C)(C)[Si]([Si]1[Si]([Si](C(C)(C)C)(C(C)(C)C)C(C)(C)C)[Si]1[Si](C(C)(C)C)(C(C)(C)C)C(C)(C)C)(C(C)(C)C)C(C)(C)C. The Morgan fingerprint density at radius 2 is 0.262 bits per heavy atom. The van der Waals surface area contributed by atoms with Crippen molar-refractivity contribution in [3.05, 3.63) is 0 Å². The average molecular weight is 683 g/mol. The minimum atomic E-state index is -1.92. The maximum atomic E-state index is 2.74. The quantitative estimate of drug-likeness (QED) is 0.260. The maximum Gasteiger partial charge on any atom is 0.0540 e. The molecule has 0 atom stereocenters. The minimum Gasteiger partial charge on any atom is -0.0628 e. The van der Waals surface area contributed by atoms with Crippen LogP contribution in [0.2, 0.25) is 45.3 Å². The van der Waals surface area contributed by atoms with E-state index in [1.807, 2.05) is 0 Å². The molecule has 1 heterocycles. The Labute approximate surface area is 275 Å². The predicted molar refractivity (Wildman–Crippen MR) is 212 cm³/mol. The topological polar surface area (TPSA) is 0 Å². The Bertz CT molecular complexity index is 718. The third-order valence-electron chi connectivity index (χ3n) is 11.9. The highest BCUT2D eigenvalue weighted by molar-refractivity contribution is 8.28. The number of hydrogen-bond donors (Lipinski definition) is 0. The average Bonchev–Trinajstić information content (AvgIpc) is 3.16. The highest BCUT2D eigenvalue weighted by Crippen LogP contribution is 2.76. The summed E-state index contributed by atoms with van der Waals surface area (Å²) in [7, 11) is -7.49. The van der Waals surface area contributed by atoms with Crippen LogP contribution in [0.1, 0.15) is 187 Å². The van der Waals surface area contributed by atoms with Gasteiger partial charge in [-0.25, -0.2) is 0 Å². The molecule has 0 aliphatic carbocycles. The van der Waals surface area contributed by atoms with Gasteiger partial charge in [-0.1, -0.05) is 187 Å². The van der Waals surface area contributed by atoms with E-state index in [1.54, 1.807) is 0 Å². The fraction of sp³-hybridized carbons (Fsp3) is 1.00. The van der Waals surface area contributed by atoms with Crippen LogP contribution in [0.3, 0.4) is 0 Å². The lowest BCUT2D eigenvalue weighted by molar-refractivity contribution is 0.553. The Hall–Kier alpha value is 1.30. The van der Waals surface area contributed by atoms with Crippen LogP contribution in [-0.4, -0.2) is 44.8 Å². The molecule has 1 fully saturated rings. The van der Waals surface area contributed by atoms with Gasteiger partial charge in [0.25, 0.3) is 0 Å². The Balaban J connectivity index is 4.96. The van der Waals surface area contributed by atoms with Crippen LogP contribution >= 0.6 is 0 Å². The summed E-state index contributed by atoms with van der Waals surface area (Å²) in [5.41, 5.74) is 0. The predicted octanol–water partition coefficient (Wildman–Crippen LogP) is 13.5. The molecule has 1 saturated heterocycles. The molecule has 0 amide bonds. The molecule has 1 aliphatic heterocycles. The largest absolute Gasteiger partial charge is 0.0628 e. The van der Waals surface area contributed by atoms with Crippen molar-refractivity contribution >= 4 is 44.8 Å². The van der Waals surface area contributed by atoms with E-state index in [2.05, 4.69) is 187 Å². The van der Waals surface area contributed by atoms with Crippen LogP contribution < -0.4 is 0 Å². The lowest BCUT2D eigenvalue weighted by atomic mass is 10.2. The molecule has 0 unspecified atom stereocenters. The first kappa shape index (κ1) is 41.3. The van der Waals surface area contributed by atoms with Crippen LogP contribution in [0.15, 0.2) is 0 Å². The first-order valence-electron chi connectivity index (χ1n) is 17.2. The highest BCUT2D eigenvalue weighted by Gasteiger charge is 2.87. The van der Waals surface area contributed by atoms with Crippen molar-refractivity contribution in [2.24, 2.45) is 0 Å². The summed E-state index contributed by atoms with van der Waals surface area (Å²) in [5, 5.41) is 3.52. The molecule has 1 rings (SSSR count). The molecule has 249 valence electrons. The van der Waals surface area contributed by atoms with Crippen LogP contribution in [0.25, 0.3) is 0 Å². The van der Waals surface area contributed by atoms with Crippen molar-refractivity contribution < 1.29 is 0 Å². The van der Waals surface area contributed by atoms with Gasteiger partial charge in [0.15, 0.2) is 0 Å². The van der Waals surface area contributed by atoms with Gasteiger partial charge < -0.3 is 0 Å². The Morgan fingerprint density at radius 3 is 0.310 bits per heavy atom. The second-order valence-electron chi connectivity index (χ2n) is 23.6. The first-order valence-corrected chi connectivity index (χ1v) is 33.8. The van der Waals surface area contributed by atoms with Crippen molar-refractivity contribution in [1.29, 1.82) is 0 Å². The van der Waals surface area contributed by atoms with Gasteiger partial charge >= 0.3 is 0 Å². The maximum absolute atomic E-state index is 2.74. The molecule has 0 bridgehead atoms. The number of hydrogen-bond acceptors (Lipinski definition) is 0. The Morgan fingerprint density at radius 1 is 0.190 bits per heavy atom. The van der Waals surface area contributed by atoms with E-state index >= 15 is 0 Å². The zero-order valence-corrected chi connectivity index (χ0v) is 40.5. The van der Waals surface area contributed by atoms with Crippen LogP contribution in [-0.2, 0) is 0 Å². The van der Waals surface area contributed by atoms with Crippen molar-refractivity contribution in [3.63, 3.8) is 0 Å². The molecule has 0 N–H and O–H groups in total. The van der Waals surface area contributed by atoms with Gasteiger partial charge in [-0.15, -0.1) is 0 Å². The minimum absolute atomic E-state index is 0.391. The molecule has 1 aliphatic rings. The fourth-order valence-electron chi connectivity index (χ4n) is 14.8. The monoisotopic (exact) mass is 681 g/mol. The molecular weight excluding hydrogens is 601 g/mol. The molecule has 0 spiro atoms. The number of rotatable bonds is 3. The summed E-state index contributed by atoms with van der Waals surface area (Å²) in [4.78, 5) is 0. The molecule has 3 radical (unpaired) electrons. The third kappa shape index (κ3) is 5.51. The van der Waals surface area contributed by atoms with Gasteiger partial charge in [-0.2, -0.15) is 0 Å². The summed E-state index contributed by atoms with van der Waals surface area (Å²) >= 11 is 0. The normalized spacial score (nSPS) is 19.5. The molecule has 6 heteroatoms. The van der Waals surface area contributed by atoms with Crippen molar-refractivity contribution in [1.82, 2.24) is 0 Å². The van der Waals surface area contributed by atoms with Crippen LogP contribution in [0, 0.1) is 0 Å². The van der Waals surface area contributed by atoms with E-state index in [0.29, 0.717) is 45.3 Å². The van der Waals surface area contributed by atoms with Gasteiger partial charge in [0.1, 0.15) is 0 Å². The summed E-state index contributed by atoms with van der Waals surface area (Å²) in [6.45, 7) is 74.1. The van der Waals surface area contributed by atoms with E-state index < -0.39 is 44.8 Å². The van der Waals surface area contributed by atoms with E-state index in [4.69, 9.17) is 0 Å². The smallest absolute Gasteiger partial charge is 0.0540 e. The summed E-state index contributed by atoms with van der Waals surface area (Å²) in [5.74, 6) is 0. The standard InChI is InChI=1S/C36H81Si6/c1-28(2,3)40(29(4,5)6,30(7,8)9)37-38(41(31(10,11)12,32(13,14)15)33(16,17)18)39(37)42(34(19,20)21,35(22,23)24)36(25,26)27/h1-27H3. The zero-order chi connectivity index (χ0) is 34.7. The van der Waals surface area contributed by atoms with Crippen LogP contribution in [0.4, 0.5) is 0 Å². The van der Waals surface area contributed by atoms with Gasteiger partial charge in [0.2, 0.25) is 0 Å². The zero-order valence-electron chi connectivity index (χ0n) is 34.5. The van der Waals surface area contributed by atoms with Crippen molar-refractivity contribution in [2.45, 2.75) is 232 Å². The first-order chi connectivity index (χ1) is 17.6. The summed E-state index contributed by atoms with van der Waals surface area (Å²) < 4.78 is 0. The third-order valence-corrected chi connectivity index (χ3v) is 130. The Kier molecular flexibility index (Phi) is 10.5. The molecule has 0 aromatic heterocycles. The van der Waals surface area contributed by atoms with Gasteiger partial charge in [-0.05, 0) is 45.3 Å². The van der Waals surface area contributed by atoms with Crippen LogP contribution in [0.5, 0.6) is 0 Å². The summed E-state index contributed by atoms with van der Waals surface area (Å²) in [6.07, 6.45) is 0. The molecule has 0 nitrogen and oxygen atoms in total. The van der Waals surface area contributed by atoms with Gasteiger partial charge in [0.05, 0.1) is 22.8 Å². The van der Waals surface area contributed by atoms with Crippen molar-refractivity contribution in [3.8, 4) is 0 Å². The second kappa shape index (κ2) is 10.7. The van der Waals surface area contributed by atoms with E-state index in [0.717, 1.165) is 0 Å². The fourth-order valence-corrected chi connectivity index (χ4v) is 258. The lowest BCUT2D eigenvalue weighted by Gasteiger charge is -2.64. The van der Waals surface area contributed by atoms with Gasteiger partial charge in [0, 0.05) is 22.0 Å². The molecular formula is C36H81Si6. The van der Waals surface area contributed by atoms with Gasteiger partial charge in [-0.3, -0.25) is 0 Å². The molecule has 0 aromatic carbocycles. The van der Waals surface area contributed by atoms with E-state index in [-0.39, 0.29) is 0 Å². The molecule has 0 saturated carbocycles.